The number of rotatable bonds is 8. The Balaban J connectivity index is 1.53. The summed E-state index contributed by atoms with van der Waals surface area (Å²) in [6.07, 6.45) is 2.34. The number of fused-ring (bicyclic) bond motifs is 1. The molecule has 31 heavy (non-hydrogen) atoms. The third kappa shape index (κ3) is 5.27. The fourth-order valence-electron chi connectivity index (χ4n) is 3.41. The summed E-state index contributed by atoms with van der Waals surface area (Å²) in [5.41, 5.74) is 9.19. The van der Waals surface area contributed by atoms with Gasteiger partial charge in [-0.2, -0.15) is 0 Å². The highest BCUT2D eigenvalue weighted by molar-refractivity contribution is 6.05. The Morgan fingerprint density at radius 1 is 0.871 bits per heavy atom. The Morgan fingerprint density at radius 3 is 2.32 bits per heavy atom. The van der Waals surface area contributed by atoms with Crippen LogP contribution in [0.15, 0.2) is 91.1 Å². The molecule has 0 spiro atoms. The number of carbonyl (C=O) groups is 1. The number of ether oxygens (including phenoxy) is 2. The van der Waals surface area contributed by atoms with Gasteiger partial charge in [0.05, 0.1) is 5.52 Å². The Bertz CT molecular complexity index is 1150. The van der Waals surface area contributed by atoms with Crippen molar-refractivity contribution >= 4 is 16.9 Å². The number of esters is 1. The molecular weight excluding hydrogens is 388 g/mol. The highest BCUT2D eigenvalue weighted by Crippen LogP contribution is 2.28. The van der Waals surface area contributed by atoms with E-state index in [0.29, 0.717) is 23.3 Å². The zero-order chi connectivity index (χ0) is 21.5. The average molecular weight is 412 g/mol. The second kappa shape index (κ2) is 9.87. The smallest absolute Gasteiger partial charge is 0.344 e. The first-order valence-corrected chi connectivity index (χ1v) is 10.2. The number of nitrogens with zero attached hydrogens (tertiary/aromatic N) is 1. The molecule has 0 aliphatic rings. The van der Waals surface area contributed by atoms with Gasteiger partial charge in [0.1, 0.15) is 24.5 Å². The largest absolute Gasteiger partial charge is 0.491 e. The summed E-state index contributed by atoms with van der Waals surface area (Å²) in [6, 6.07) is 26.8. The van der Waals surface area contributed by atoms with Gasteiger partial charge in [-0.1, -0.05) is 66.7 Å². The quantitative estimate of drug-likeness (QED) is 0.430. The first-order chi connectivity index (χ1) is 15.2. The van der Waals surface area contributed by atoms with Gasteiger partial charge >= 0.3 is 5.97 Å². The van der Waals surface area contributed by atoms with Crippen molar-refractivity contribution in [1.29, 1.82) is 0 Å². The van der Waals surface area contributed by atoms with Crippen LogP contribution >= 0.6 is 0 Å². The average Bonchev–Trinajstić information content (AvgIpc) is 2.82. The van der Waals surface area contributed by atoms with Crippen LogP contribution in [0.3, 0.4) is 0 Å². The Morgan fingerprint density at radius 2 is 1.58 bits per heavy atom. The highest BCUT2D eigenvalue weighted by Gasteiger charge is 2.20. The first kappa shape index (κ1) is 20.6. The van der Waals surface area contributed by atoms with Crippen molar-refractivity contribution in [3.8, 4) is 5.75 Å². The molecule has 0 bridgehead atoms. The summed E-state index contributed by atoms with van der Waals surface area (Å²) in [6.45, 7) is 0.446. The molecule has 4 rings (SSSR count). The van der Waals surface area contributed by atoms with E-state index in [1.165, 1.54) is 0 Å². The van der Waals surface area contributed by atoms with Gasteiger partial charge in [0.15, 0.2) is 0 Å². The van der Waals surface area contributed by atoms with Crippen LogP contribution in [0.4, 0.5) is 0 Å². The lowest BCUT2D eigenvalue weighted by Crippen LogP contribution is -2.30. The van der Waals surface area contributed by atoms with E-state index in [1.807, 2.05) is 78.9 Å². The lowest BCUT2D eigenvalue weighted by atomic mass is 10.1. The molecule has 1 aromatic heterocycles. The van der Waals surface area contributed by atoms with E-state index in [0.717, 1.165) is 16.5 Å². The van der Waals surface area contributed by atoms with Gasteiger partial charge < -0.3 is 15.2 Å². The third-order valence-corrected chi connectivity index (χ3v) is 4.95. The van der Waals surface area contributed by atoms with Crippen molar-refractivity contribution in [1.82, 2.24) is 4.98 Å². The van der Waals surface area contributed by atoms with E-state index in [1.54, 1.807) is 12.3 Å². The summed E-state index contributed by atoms with van der Waals surface area (Å²) in [5.74, 6) is -0.0486. The zero-order valence-electron chi connectivity index (χ0n) is 17.1. The van der Waals surface area contributed by atoms with Gasteiger partial charge in [0.25, 0.3) is 0 Å². The molecule has 0 aliphatic heterocycles. The van der Waals surface area contributed by atoms with E-state index in [-0.39, 0.29) is 19.3 Å². The summed E-state index contributed by atoms with van der Waals surface area (Å²) in [5, 5.41) is 0.843. The summed E-state index contributed by atoms with van der Waals surface area (Å²) in [7, 11) is 0. The van der Waals surface area contributed by atoms with Crippen LogP contribution in [0.2, 0.25) is 0 Å². The maximum absolute atomic E-state index is 13.0. The van der Waals surface area contributed by atoms with Crippen molar-refractivity contribution in [3.63, 3.8) is 0 Å². The molecule has 0 saturated carbocycles. The molecule has 1 atom stereocenters. The third-order valence-electron chi connectivity index (χ3n) is 4.95. The van der Waals surface area contributed by atoms with Gasteiger partial charge in [0, 0.05) is 17.6 Å². The molecule has 0 radical (unpaired) electrons. The fourth-order valence-corrected chi connectivity index (χ4v) is 3.41. The zero-order valence-corrected chi connectivity index (χ0v) is 17.1. The van der Waals surface area contributed by atoms with Gasteiger partial charge in [-0.05, 0) is 35.7 Å². The second-order valence-electron chi connectivity index (χ2n) is 7.34. The van der Waals surface area contributed by atoms with E-state index in [9.17, 15) is 4.79 Å². The van der Waals surface area contributed by atoms with Crippen molar-refractivity contribution in [2.75, 3.05) is 6.61 Å². The lowest BCUT2D eigenvalue weighted by molar-refractivity contribution is 0.0470. The molecule has 0 saturated heterocycles. The standard InChI is InChI=1S/C26H24N2O3/c27-22(16-19-8-3-1-4-9-19)18-30-23-14-13-21-12-7-15-28-25(21)24(23)26(29)31-17-20-10-5-2-6-11-20/h1-15,22H,16-18,27H2/t22-/m1/s1. The normalized spacial score (nSPS) is 11.8. The van der Waals surface area contributed by atoms with Crippen molar-refractivity contribution in [2.24, 2.45) is 5.73 Å². The molecule has 0 unspecified atom stereocenters. The summed E-state index contributed by atoms with van der Waals surface area (Å²) < 4.78 is 11.6. The molecule has 3 aromatic carbocycles. The van der Waals surface area contributed by atoms with Crippen LogP contribution in [-0.2, 0) is 17.8 Å². The van der Waals surface area contributed by atoms with E-state index in [4.69, 9.17) is 15.2 Å². The highest BCUT2D eigenvalue weighted by atomic mass is 16.5. The minimum absolute atomic E-state index is 0.176. The minimum Gasteiger partial charge on any atom is -0.491 e. The monoisotopic (exact) mass is 412 g/mol. The van der Waals surface area contributed by atoms with Gasteiger partial charge in [0.2, 0.25) is 0 Å². The minimum atomic E-state index is -0.472. The van der Waals surface area contributed by atoms with Gasteiger partial charge in [-0.25, -0.2) is 4.79 Å². The van der Waals surface area contributed by atoms with Crippen molar-refractivity contribution in [3.05, 3.63) is 108 Å². The van der Waals surface area contributed by atoms with Crippen molar-refractivity contribution < 1.29 is 14.3 Å². The molecule has 5 heteroatoms. The number of hydrogen-bond donors (Lipinski definition) is 1. The predicted molar refractivity (Wildman–Crippen MR) is 121 cm³/mol. The maximum Gasteiger partial charge on any atom is 0.344 e. The number of carbonyl (C=O) groups excluding carboxylic acids is 1. The van der Waals surface area contributed by atoms with Crippen LogP contribution < -0.4 is 10.5 Å². The lowest BCUT2D eigenvalue weighted by Gasteiger charge is -2.16. The number of benzene rings is 3. The maximum atomic E-state index is 13.0. The Labute approximate surface area is 181 Å². The van der Waals surface area contributed by atoms with Crippen LogP contribution in [0.25, 0.3) is 10.9 Å². The number of nitrogens with two attached hydrogens (primary N) is 1. The van der Waals surface area contributed by atoms with Crippen LogP contribution in [-0.4, -0.2) is 23.6 Å². The molecule has 0 fully saturated rings. The Kier molecular flexibility index (Phi) is 6.55. The fraction of sp³-hybridized carbons (Fsp3) is 0.154. The van der Waals surface area contributed by atoms with Gasteiger partial charge in [-0.15, -0.1) is 0 Å². The number of aromatic nitrogens is 1. The van der Waals surface area contributed by atoms with E-state index in [2.05, 4.69) is 4.98 Å². The first-order valence-electron chi connectivity index (χ1n) is 10.2. The SMILES string of the molecule is N[C@@H](COc1ccc2cccnc2c1C(=O)OCc1ccccc1)Cc1ccccc1. The van der Waals surface area contributed by atoms with Crippen LogP contribution in [0, 0.1) is 0 Å². The second-order valence-corrected chi connectivity index (χ2v) is 7.34. The Hall–Kier alpha value is -3.70. The topological polar surface area (TPSA) is 74.4 Å². The molecule has 0 aliphatic carbocycles. The number of pyridine rings is 1. The summed E-state index contributed by atoms with van der Waals surface area (Å²) in [4.78, 5) is 17.4. The molecule has 0 amide bonds. The number of hydrogen-bond acceptors (Lipinski definition) is 5. The van der Waals surface area contributed by atoms with Crippen LogP contribution in [0.5, 0.6) is 5.75 Å². The van der Waals surface area contributed by atoms with E-state index < -0.39 is 5.97 Å². The molecule has 156 valence electrons. The van der Waals surface area contributed by atoms with E-state index >= 15 is 0 Å². The molecule has 5 nitrogen and oxygen atoms in total. The molecular formula is C26H24N2O3. The predicted octanol–water partition coefficient (Wildman–Crippen LogP) is 4.54. The summed E-state index contributed by atoms with van der Waals surface area (Å²) >= 11 is 0. The molecule has 1 heterocycles. The van der Waals surface area contributed by atoms with Crippen LogP contribution in [0.1, 0.15) is 21.5 Å². The van der Waals surface area contributed by atoms with Crippen molar-refractivity contribution in [2.45, 2.75) is 19.1 Å². The molecule has 4 aromatic rings. The van der Waals surface area contributed by atoms with Gasteiger partial charge in [-0.3, -0.25) is 4.98 Å². The molecule has 2 N–H and O–H groups in total.